The Balaban J connectivity index is 1.32. The van der Waals surface area contributed by atoms with Crippen LogP contribution in [0.3, 0.4) is 0 Å². The molecule has 2 aromatic heterocycles. The van der Waals surface area contributed by atoms with Crippen LogP contribution in [0, 0.1) is 5.41 Å². The van der Waals surface area contributed by atoms with Gasteiger partial charge in [0.25, 0.3) is 0 Å². The molecule has 2 amide bonds. The highest BCUT2D eigenvalue weighted by Crippen LogP contribution is 2.46. The number of aromatic nitrogens is 3. The van der Waals surface area contributed by atoms with E-state index in [0.29, 0.717) is 32.4 Å². The molecule has 10 nitrogen and oxygen atoms in total. The monoisotopic (exact) mass is 546 g/mol. The van der Waals surface area contributed by atoms with Crippen LogP contribution in [-0.2, 0) is 40.4 Å². The molecule has 0 radical (unpaired) electrons. The SMILES string of the molecule is Bc1cc(CNC(=O)C2(C(=O)NCc3c(CC)nc4c(cnn4CC)c3NC3CCOCC3)CC2)ccc1OC. The highest BCUT2D eigenvalue weighted by Gasteiger charge is 2.56. The van der Waals surface area contributed by atoms with Crippen molar-refractivity contribution in [1.82, 2.24) is 25.4 Å². The second-order valence-electron chi connectivity index (χ2n) is 10.7. The Morgan fingerprint density at radius 1 is 1.15 bits per heavy atom. The summed E-state index contributed by atoms with van der Waals surface area (Å²) in [6.45, 7) is 6.94. The predicted octanol–water partition coefficient (Wildman–Crippen LogP) is 1.58. The number of nitrogens with zero attached hydrogens (tertiary/aromatic N) is 3. The van der Waals surface area contributed by atoms with Crippen LogP contribution in [0.2, 0.25) is 0 Å². The van der Waals surface area contributed by atoms with E-state index in [2.05, 4.69) is 34.9 Å². The number of amides is 2. The second kappa shape index (κ2) is 11.9. The number of fused-ring (bicyclic) bond motifs is 1. The summed E-state index contributed by atoms with van der Waals surface area (Å²) in [5.41, 5.74) is 4.63. The van der Waals surface area contributed by atoms with Crippen LogP contribution in [0.5, 0.6) is 5.75 Å². The fourth-order valence-electron chi connectivity index (χ4n) is 5.52. The molecule has 0 unspecified atom stereocenters. The smallest absolute Gasteiger partial charge is 0.235 e. The molecule has 0 bridgehead atoms. The summed E-state index contributed by atoms with van der Waals surface area (Å²) in [5, 5.41) is 15.3. The van der Waals surface area contributed by atoms with Gasteiger partial charge in [-0.15, -0.1) is 0 Å². The molecule has 5 rings (SSSR count). The van der Waals surface area contributed by atoms with Gasteiger partial charge in [0.1, 0.15) is 19.0 Å². The van der Waals surface area contributed by atoms with Crippen LogP contribution >= 0.6 is 0 Å². The minimum atomic E-state index is -1.02. The lowest BCUT2D eigenvalue weighted by molar-refractivity contribution is -0.137. The number of nitrogens with one attached hydrogen (secondary N) is 3. The standard InChI is InChI=1S/C29H39BN6O4/c1-4-23-20(25(34-19-8-12-40-13-9-19)21-17-33-36(5-2)26(21)35-23)16-32-28(38)29(10-11-29)27(37)31-15-18-6-7-24(39-3)22(30)14-18/h6-7,14,17,19H,4-5,8-13,15-16,30H2,1-3H3,(H,31,37)(H,32,38)(H,34,35). The van der Waals surface area contributed by atoms with Crippen LogP contribution in [0.15, 0.2) is 24.4 Å². The van der Waals surface area contributed by atoms with Gasteiger partial charge in [0.05, 0.1) is 24.4 Å². The Bertz CT molecular complexity index is 1400. The van der Waals surface area contributed by atoms with E-state index in [-0.39, 0.29) is 17.9 Å². The van der Waals surface area contributed by atoms with E-state index in [1.807, 2.05) is 36.9 Å². The number of aryl methyl sites for hydroxylation is 2. The van der Waals surface area contributed by atoms with E-state index in [9.17, 15) is 9.59 Å². The summed E-state index contributed by atoms with van der Waals surface area (Å²) < 4.78 is 12.8. The molecule has 212 valence electrons. The molecule has 1 aromatic carbocycles. The Morgan fingerprint density at radius 2 is 1.88 bits per heavy atom. The molecule has 3 N–H and O–H groups in total. The van der Waals surface area contributed by atoms with Gasteiger partial charge in [-0.05, 0) is 56.1 Å². The third-order valence-electron chi connectivity index (χ3n) is 8.13. The van der Waals surface area contributed by atoms with Crippen molar-refractivity contribution in [3.05, 3.63) is 41.2 Å². The van der Waals surface area contributed by atoms with Crippen molar-refractivity contribution in [3.8, 4) is 5.75 Å². The lowest BCUT2D eigenvalue weighted by Gasteiger charge is -2.27. The van der Waals surface area contributed by atoms with Crippen LogP contribution in [0.25, 0.3) is 11.0 Å². The average Bonchev–Trinajstić information content (AvgIpc) is 3.69. The molecule has 3 heterocycles. The van der Waals surface area contributed by atoms with Gasteiger partial charge in [0, 0.05) is 50.1 Å². The van der Waals surface area contributed by atoms with Gasteiger partial charge in [-0.3, -0.25) is 9.59 Å². The first kappa shape index (κ1) is 28.0. The molecule has 2 aliphatic rings. The van der Waals surface area contributed by atoms with Crippen molar-refractivity contribution in [2.24, 2.45) is 5.41 Å². The Kier molecular flexibility index (Phi) is 8.30. The van der Waals surface area contributed by atoms with Crippen LogP contribution in [0.1, 0.15) is 56.4 Å². The summed E-state index contributed by atoms with van der Waals surface area (Å²) in [6, 6.07) is 6.07. The summed E-state index contributed by atoms with van der Waals surface area (Å²) in [5.74, 6) is 0.340. The maximum absolute atomic E-state index is 13.4. The molecule has 1 saturated carbocycles. The maximum atomic E-state index is 13.4. The Morgan fingerprint density at radius 3 is 2.50 bits per heavy atom. The first-order chi connectivity index (χ1) is 19.4. The molecule has 0 spiro atoms. The lowest BCUT2D eigenvalue weighted by Crippen LogP contribution is -2.43. The third kappa shape index (κ3) is 5.52. The molecule has 1 saturated heterocycles. The molecular weight excluding hydrogens is 507 g/mol. The first-order valence-electron chi connectivity index (χ1n) is 14.3. The summed E-state index contributed by atoms with van der Waals surface area (Å²) in [7, 11) is 3.61. The number of hydrogen-bond donors (Lipinski definition) is 3. The first-order valence-corrected chi connectivity index (χ1v) is 14.3. The number of carbonyl (C=O) groups is 2. The largest absolute Gasteiger partial charge is 0.497 e. The highest BCUT2D eigenvalue weighted by atomic mass is 16.5. The van der Waals surface area contributed by atoms with Gasteiger partial charge < -0.3 is 25.4 Å². The Labute approximate surface area is 236 Å². The molecule has 1 aliphatic heterocycles. The zero-order valence-electron chi connectivity index (χ0n) is 23.9. The number of ether oxygens (including phenoxy) is 2. The number of pyridine rings is 1. The van der Waals surface area contributed by atoms with Gasteiger partial charge in [-0.2, -0.15) is 5.10 Å². The van der Waals surface area contributed by atoms with Gasteiger partial charge in [-0.1, -0.05) is 19.1 Å². The van der Waals surface area contributed by atoms with Crippen molar-refractivity contribution >= 4 is 41.8 Å². The highest BCUT2D eigenvalue weighted by molar-refractivity contribution is 6.34. The summed E-state index contributed by atoms with van der Waals surface area (Å²) >= 11 is 0. The van der Waals surface area contributed by atoms with Gasteiger partial charge in [0.15, 0.2) is 5.65 Å². The fourth-order valence-corrected chi connectivity index (χ4v) is 5.52. The Hall–Kier alpha value is -3.60. The molecular formula is C29H39BN6O4. The quantitative estimate of drug-likeness (QED) is 0.247. The molecule has 11 heteroatoms. The second-order valence-corrected chi connectivity index (χ2v) is 10.7. The fraction of sp³-hybridized carbons (Fsp3) is 0.517. The van der Waals surface area contributed by atoms with Crippen molar-refractivity contribution in [1.29, 1.82) is 0 Å². The minimum absolute atomic E-state index is 0.229. The molecule has 3 aromatic rings. The van der Waals surface area contributed by atoms with Crippen LogP contribution in [0.4, 0.5) is 5.69 Å². The number of benzene rings is 1. The van der Waals surface area contributed by atoms with E-state index in [1.54, 1.807) is 7.11 Å². The predicted molar refractivity (Wildman–Crippen MR) is 157 cm³/mol. The topological polar surface area (TPSA) is 119 Å². The molecule has 40 heavy (non-hydrogen) atoms. The van der Waals surface area contributed by atoms with Gasteiger partial charge in [-0.25, -0.2) is 9.67 Å². The van der Waals surface area contributed by atoms with Crippen molar-refractivity contribution in [2.75, 3.05) is 25.6 Å². The van der Waals surface area contributed by atoms with Crippen molar-refractivity contribution in [3.63, 3.8) is 0 Å². The minimum Gasteiger partial charge on any atom is -0.497 e. The maximum Gasteiger partial charge on any atom is 0.235 e. The zero-order valence-corrected chi connectivity index (χ0v) is 23.9. The van der Waals surface area contributed by atoms with E-state index in [4.69, 9.17) is 14.5 Å². The van der Waals surface area contributed by atoms with Gasteiger partial charge in [0.2, 0.25) is 11.8 Å². The van der Waals surface area contributed by atoms with E-state index < -0.39 is 5.41 Å². The van der Waals surface area contributed by atoms with Crippen LogP contribution in [-0.4, -0.2) is 60.8 Å². The van der Waals surface area contributed by atoms with E-state index >= 15 is 0 Å². The number of anilines is 1. The van der Waals surface area contributed by atoms with Crippen molar-refractivity contribution < 1.29 is 19.1 Å². The number of carbonyl (C=O) groups excluding carboxylic acids is 2. The third-order valence-corrected chi connectivity index (χ3v) is 8.13. The van der Waals surface area contributed by atoms with Gasteiger partial charge >= 0.3 is 0 Å². The number of methoxy groups -OCH3 is 1. The number of rotatable bonds is 11. The molecule has 2 fully saturated rings. The molecule has 0 atom stereocenters. The van der Waals surface area contributed by atoms with Crippen LogP contribution < -0.4 is 26.2 Å². The molecule has 1 aliphatic carbocycles. The lowest BCUT2D eigenvalue weighted by atomic mass is 9.93. The number of hydrogen-bond acceptors (Lipinski definition) is 7. The summed E-state index contributed by atoms with van der Waals surface area (Å²) in [4.78, 5) is 31.6. The van der Waals surface area contributed by atoms with Crippen molar-refractivity contribution in [2.45, 2.75) is 71.6 Å². The van der Waals surface area contributed by atoms with E-state index in [1.165, 1.54) is 0 Å². The summed E-state index contributed by atoms with van der Waals surface area (Å²) in [6.07, 6.45) is 5.48. The zero-order chi connectivity index (χ0) is 28.3. The average molecular weight is 546 g/mol. The van der Waals surface area contributed by atoms with E-state index in [0.717, 1.165) is 77.4 Å². The normalized spacial score (nSPS) is 16.5.